The van der Waals surface area contributed by atoms with Gasteiger partial charge in [0, 0.05) is 23.2 Å². The third-order valence-corrected chi connectivity index (χ3v) is 2.49. The number of hydrogen-bond donors (Lipinski definition) is 2. The Morgan fingerprint density at radius 1 is 0.667 bits per heavy atom. The van der Waals surface area contributed by atoms with E-state index in [0.717, 1.165) is 21.8 Å². The molecule has 88 valence electrons. The summed E-state index contributed by atoms with van der Waals surface area (Å²) in [6.45, 7) is 0. The average Bonchev–Trinajstić information content (AvgIpc) is 3.08. The van der Waals surface area contributed by atoms with Crippen LogP contribution in [-0.4, -0.2) is 30.4 Å². The second kappa shape index (κ2) is 4.62. The van der Waals surface area contributed by atoms with Gasteiger partial charge in [0.15, 0.2) is 0 Å². The Morgan fingerprint density at radius 2 is 1.17 bits per heavy atom. The highest BCUT2D eigenvalue weighted by Gasteiger charge is 1.89. The molecule has 6 heteroatoms. The van der Waals surface area contributed by atoms with Crippen molar-refractivity contribution in [3.8, 4) is 0 Å². The molecule has 0 aliphatic carbocycles. The van der Waals surface area contributed by atoms with Crippen molar-refractivity contribution in [3.63, 3.8) is 0 Å². The first kappa shape index (κ1) is 10.4. The SMILES string of the molecule is c1cc2cn[nH]c2cn1.c1cc2cn[nH]c2cn1. The van der Waals surface area contributed by atoms with Gasteiger partial charge in [-0.25, -0.2) is 0 Å². The third kappa shape index (κ3) is 2.03. The molecule has 0 unspecified atom stereocenters. The lowest BCUT2D eigenvalue weighted by atomic mass is 10.3. The van der Waals surface area contributed by atoms with Crippen molar-refractivity contribution in [2.24, 2.45) is 0 Å². The molecule has 0 radical (unpaired) electrons. The topological polar surface area (TPSA) is 83.1 Å². The van der Waals surface area contributed by atoms with E-state index >= 15 is 0 Å². The molecule has 0 fully saturated rings. The maximum Gasteiger partial charge on any atom is 0.0833 e. The molecular formula is C12H10N6. The van der Waals surface area contributed by atoms with Gasteiger partial charge in [-0.2, -0.15) is 10.2 Å². The Morgan fingerprint density at radius 3 is 1.61 bits per heavy atom. The van der Waals surface area contributed by atoms with Crippen molar-refractivity contribution in [2.75, 3.05) is 0 Å². The lowest BCUT2D eigenvalue weighted by Gasteiger charge is -1.80. The summed E-state index contributed by atoms with van der Waals surface area (Å²) in [6.07, 6.45) is 10.6. The molecule has 4 heterocycles. The van der Waals surface area contributed by atoms with E-state index in [0.29, 0.717) is 0 Å². The zero-order valence-electron chi connectivity index (χ0n) is 9.41. The second-order valence-electron chi connectivity index (χ2n) is 3.67. The van der Waals surface area contributed by atoms with Crippen molar-refractivity contribution in [2.45, 2.75) is 0 Å². The highest BCUT2D eigenvalue weighted by molar-refractivity contribution is 5.76. The Hall–Kier alpha value is -2.76. The molecule has 18 heavy (non-hydrogen) atoms. The van der Waals surface area contributed by atoms with Crippen LogP contribution in [0.15, 0.2) is 49.3 Å². The fraction of sp³-hybridized carbons (Fsp3) is 0. The number of rotatable bonds is 0. The highest BCUT2D eigenvalue weighted by atomic mass is 15.1. The summed E-state index contributed by atoms with van der Waals surface area (Å²) in [5, 5.41) is 15.5. The lowest BCUT2D eigenvalue weighted by molar-refractivity contribution is 1.11. The first-order valence-corrected chi connectivity index (χ1v) is 5.40. The van der Waals surface area contributed by atoms with Crippen LogP contribution in [0.4, 0.5) is 0 Å². The van der Waals surface area contributed by atoms with Crippen molar-refractivity contribution < 1.29 is 0 Å². The lowest BCUT2D eigenvalue weighted by Crippen LogP contribution is -1.69. The first-order valence-electron chi connectivity index (χ1n) is 5.40. The molecule has 0 saturated heterocycles. The van der Waals surface area contributed by atoms with Crippen LogP contribution in [0.3, 0.4) is 0 Å². The van der Waals surface area contributed by atoms with Crippen LogP contribution in [-0.2, 0) is 0 Å². The second-order valence-corrected chi connectivity index (χ2v) is 3.67. The number of aromatic nitrogens is 6. The first-order chi connectivity index (χ1) is 8.93. The van der Waals surface area contributed by atoms with Crippen molar-refractivity contribution >= 4 is 21.8 Å². The molecule has 0 aliphatic rings. The molecule has 0 atom stereocenters. The normalized spacial score (nSPS) is 10.2. The van der Waals surface area contributed by atoms with Crippen molar-refractivity contribution in [3.05, 3.63) is 49.3 Å². The predicted octanol–water partition coefficient (Wildman–Crippen LogP) is 1.92. The number of H-pyrrole nitrogens is 2. The number of fused-ring (bicyclic) bond motifs is 2. The molecule has 2 N–H and O–H groups in total. The van der Waals surface area contributed by atoms with E-state index in [2.05, 4.69) is 30.4 Å². The van der Waals surface area contributed by atoms with Gasteiger partial charge in [0.05, 0.1) is 35.8 Å². The maximum atomic E-state index is 3.91. The van der Waals surface area contributed by atoms with Gasteiger partial charge in [-0.05, 0) is 12.1 Å². The van der Waals surface area contributed by atoms with Gasteiger partial charge in [0.25, 0.3) is 0 Å². The number of nitrogens with zero attached hydrogens (tertiary/aromatic N) is 4. The van der Waals surface area contributed by atoms with E-state index in [1.807, 2.05) is 12.1 Å². The van der Waals surface area contributed by atoms with Crippen LogP contribution < -0.4 is 0 Å². The van der Waals surface area contributed by atoms with Crippen LogP contribution in [0.25, 0.3) is 21.8 Å². The van der Waals surface area contributed by atoms with E-state index in [-0.39, 0.29) is 0 Å². The summed E-state index contributed by atoms with van der Waals surface area (Å²) in [7, 11) is 0. The molecule has 0 bridgehead atoms. The number of pyridine rings is 2. The Kier molecular flexibility index (Phi) is 2.67. The van der Waals surface area contributed by atoms with Crippen LogP contribution >= 0.6 is 0 Å². The Labute approximate surface area is 102 Å². The molecule has 0 saturated carbocycles. The fourth-order valence-electron chi connectivity index (χ4n) is 1.57. The summed E-state index contributed by atoms with van der Waals surface area (Å²) in [4.78, 5) is 7.83. The van der Waals surface area contributed by atoms with Gasteiger partial charge in [0.1, 0.15) is 0 Å². The van der Waals surface area contributed by atoms with Gasteiger partial charge >= 0.3 is 0 Å². The largest absolute Gasteiger partial charge is 0.276 e. The van der Waals surface area contributed by atoms with E-state index in [9.17, 15) is 0 Å². The van der Waals surface area contributed by atoms with Gasteiger partial charge < -0.3 is 0 Å². The summed E-state index contributed by atoms with van der Waals surface area (Å²) < 4.78 is 0. The molecule has 4 rings (SSSR count). The van der Waals surface area contributed by atoms with E-state index in [4.69, 9.17) is 0 Å². The van der Waals surface area contributed by atoms with Gasteiger partial charge in [0.2, 0.25) is 0 Å². The average molecular weight is 238 g/mol. The van der Waals surface area contributed by atoms with Gasteiger partial charge in [-0.1, -0.05) is 0 Å². The molecule has 0 amide bonds. The van der Waals surface area contributed by atoms with Gasteiger partial charge in [-0.15, -0.1) is 0 Å². The zero-order valence-corrected chi connectivity index (χ0v) is 9.41. The molecular weight excluding hydrogens is 228 g/mol. The number of hydrogen-bond acceptors (Lipinski definition) is 4. The minimum atomic E-state index is 0.984. The quantitative estimate of drug-likeness (QED) is 0.490. The Bertz CT molecular complexity index is 631. The molecule has 4 aromatic rings. The molecule has 0 spiro atoms. The Balaban J connectivity index is 0.000000111. The van der Waals surface area contributed by atoms with Crippen LogP contribution in [0.1, 0.15) is 0 Å². The van der Waals surface area contributed by atoms with E-state index in [1.54, 1.807) is 37.2 Å². The number of aromatic amines is 2. The summed E-state index contributed by atoms with van der Waals surface area (Å²) in [5.74, 6) is 0. The predicted molar refractivity (Wildman–Crippen MR) is 67.8 cm³/mol. The highest BCUT2D eigenvalue weighted by Crippen LogP contribution is 2.05. The third-order valence-electron chi connectivity index (χ3n) is 2.49. The monoisotopic (exact) mass is 238 g/mol. The molecule has 0 aliphatic heterocycles. The minimum Gasteiger partial charge on any atom is -0.276 e. The standard InChI is InChI=1S/2C6H5N3/c2*1-2-7-4-6-5(1)3-8-9-6/h2*1-4H,(H,8,9). The molecule has 0 aromatic carbocycles. The van der Waals surface area contributed by atoms with Crippen molar-refractivity contribution in [1.29, 1.82) is 0 Å². The smallest absolute Gasteiger partial charge is 0.0833 e. The number of nitrogens with one attached hydrogen (secondary N) is 2. The summed E-state index contributed by atoms with van der Waals surface area (Å²) in [5.41, 5.74) is 1.97. The van der Waals surface area contributed by atoms with E-state index < -0.39 is 0 Å². The van der Waals surface area contributed by atoms with Crippen LogP contribution in [0, 0.1) is 0 Å². The zero-order chi connectivity index (χ0) is 12.2. The van der Waals surface area contributed by atoms with Crippen LogP contribution in [0.5, 0.6) is 0 Å². The maximum absolute atomic E-state index is 3.91. The van der Waals surface area contributed by atoms with Gasteiger partial charge in [-0.3, -0.25) is 20.2 Å². The molecule has 4 aromatic heterocycles. The van der Waals surface area contributed by atoms with Crippen molar-refractivity contribution in [1.82, 2.24) is 30.4 Å². The minimum absolute atomic E-state index is 0.984. The van der Waals surface area contributed by atoms with Crippen LogP contribution in [0.2, 0.25) is 0 Å². The molecule has 6 nitrogen and oxygen atoms in total. The summed E-state index contributed by atoms with van der Waals surface area (Å²) in [6, 6.07) is 3.83. The summed E-state index contributed by atoms with van der Waals surface area (Å²) >= 11 is 0. The fourth-order valence-corrected chi connectivity index (χ4v) is 1.57. The van der Waals surface area contributed by atoms with E-state index in [1.165, 1.54) is 0 Å².